The Morgan fingerprint density at radius 3 is 2.21 bits per heavy atom. The Morgan fingerprint density at radius 2 is 1.51 bits per heavy atom. The van der Waals surface area contributed by atoms with E-state index in [9.17, 15) is 24.3 Å². The maximum absolute atomic E-state index is 12.2. The summed E-state index contributed by atoms with van der Waals surface area (Å²) in [5, 5.41) is 24.6. The number of amides is 4. The number of thiocarbonyl (C=S) groups is 1. The van der Waals surface area contributed by atoms with Crippen molar-refractivity contribution in [3.8, 4) is 0 Å². The number of carboxylic acid groups (broad SMARTS) is 1. The first-order valence-corrected chi connectivity index (χ1v) is 21.0. The van der Waals surface area contributed by atoms with Crippen molar-refractivity contribution < 1.29 is 43.2 Å². The second-order valence-corrected chi connectivity index (χ2v) is 15.9. The molecule has 0 bridgehead atoms. The second-order valence-electron chi connectivity index (χ2n) is 12.8. The second kappa shape index (κ2) is 27.3. The van der Waals surface area contributed by atoms with Gasteiger partial charge >= 0.3 is 12.0 Å². The van der Waals surface area contributed by atoms with Crippen LogP contribution in [0.25, 0.3) is 0 Å². The molecule has 1 aromatic rings. The monoisotopic (exact) mass is 893 g/mol. The van der Waals surface area contributed by atoms with Crippen LogP contribution in [-0.4, -0.2) is 129 Å². The Kier molecular flexibility index (Phi) is 23.2. The molecule has 17 heteroatoms. The summed E-state index contributed by atoms with van der Waals surface area (Å²) in [6, 6.07) is 7.78. The zero-order valence-corrected chi connectivity index (χ0v) is 34.2. The number of benzene rings is 1. The van der Waals surface area contributed by atoms with E-state index in [0.717, 1.165) is 49.3 Å². The van der Waals surface area contributed by atoms with Gasteiger partial charge in [0.2, 0.25) is 11.8 Å². The van der Waals surface area contributed by atoms with Gasteiger partial charge in [-0.05, 0) is 78.8 Å². The van der Waals surface area contributed by atoms with E-state index in [1.165, 1.54) is 9.13 Å². The maximum atomic E-state index is 12.2. The Hall–Kier alpha value is -2.29. The topological polar surface area (TPSA) is 186 Å². The average Bonchev–Trinajstić information content (AvgIpc) is 3.69. The van der Waals surface area contributed by atoms with Gasteiger partial charge in [-0.3, -0.25) is 9.59 Å². The van der Waals surface area contributed by atoms with Crippen LogP contribution in [0.15, 0.2) is 24.3 Å². The number of hydrogen-bond acceptors (Lipinski definition) is 10. The van der Waals surface area contributed by atoms with Crippen LogP contribution in [0.5, 0.6) is 0 Å². The number of hydrogen-bond donors (Lipinski definition) is 6. The quantitative estimate of drug-likeness (QED) is 0.0288. The maximum Gasteiger partial charge on any atom is 0.326 e. The van der Waals surface area contributed by atoms with Gasteiger partial charge in [0.1, 0.15) is 6.04 Å². The van der Waals surface area contributed by atoms with Crippen molar-refractivity contribution in [3.05, 3.63) is 33.4 Å². The molecule has 2 fully saturated rings. The number of rotatable bonds is 30. The average molecular weight is 894 g/mol. The van der Waals surface area contributed by atoms with Crippen molar-refractivity contribution in [1.29, 1.82) is 0 Å². The van der Waals surface area contributed by atoms with Crippen molar-refractivity contribution in [2.24, 2.45) is 0 Å². The Labute approximate surface area is 336 Å². The van der Waals surface area contributed by atoms with Crippen molar-refractivity contribution in [2.45, 2.75) is 87.6 Å². The molecule has 0 aliphatic carbocycles. The lowest BCUT2D eigenvalue weighted by molar-refractivity contribution is -0.142. The summed E-state index contributed by atoms with van der Waals surface area (Å²) < 4.78 is 23.1. The van der Waals surface area contributed by atoms with Gasteiger partial charge in [-0.1, -0.05) is 30.8 Å². The molecule has 6 N–H and O–H groups in total. The highest BCUT2D eigenvalue weighted by Gasteiger charge is 2.42. The van der Waals surface area contributed by atoms with Crippen molar-refractivity contribution in [1.82, 2.24) is 26.6 Å². The van der Waals surface area contributed by atoms with Gasteiger partial charge in [0, 0.05) is 46.9 Å². The van der Waals surface area contributed by atoms with Crippen molar-refractivity contribution in [3.63, 3.8) is 0 Å². The lowest BCUT2D eigenvalue weighted by atomic mass is 10.0. The lowest BCUT2D eigenvalue weighted by Crippen LogP contribution is -2.41. The third-order valence-electron chi connectivity index (χ3n) is 8.67. The number of ether oxygens (including phenoxy) is 4. The van der Waals surface area contributed by atoms with Crippen molar-refractivity contribution >= 4 is 75.4 Å². The molecule has 0 aromatic heterocycles. The molecule has 0 spiro atoms. The number of aliphatic carboxylic acids is 1. The first-order valence-electron chi connectivity index (χ1n) is 18.5. The van der Waals surface area contributed by atoms with Crippen LogP contribution < -0.4 is 26.6 Å². The zero-order chi connectivity index (χ0) is 38.1. The molecule has 298 valence electrons. The van der Waals surface area contributed by atoms with Crippen molar-refractivity contribution in [2.75, 3.05) is 71.7 Å². The van der Waals surface area contributed by atoms with E-state index < -0.39 is 12.0 Å². The van der Waals surface area contributed by atoms with E-state index in [2.05, 4.69) is 73.4 Å². The lowest BCUT2D eigenvalue weighted by Gasteiger charge is -2.16. The van der Waals surface area contributed by atoms with Gasteiger partial charge < -0.3 is 50.6 Å². The van der Waals surface area contributed by atoms with Crippen LogP contribution in [-0.2, 0) is 39.8 Å². The molecule has 0 unspecified atom stereocenters. The predicted octanol–water partition coefficient (Wildman–Crippen LogP) is 3.18. The standard InChI is InChI=1S/C36H56IN5O9S2/c37-27-11-8-26(9-12-27)10-13-33(52)39-15-4-3-5-28(35(45)46)40-32(44)14-17-48-19-21-50-23-24-51-22-20-49-18-16-38-31(43)7-2-1-6-30-34-29(25-53-30)41-36(47)42-34/h8-9,11-12,28-30,34H,1-7,10,13-25H2,(H,38,43)(H,39,52)(H,40,44)(H,45,46)(H2,41,42,47)/t28-,29+,30+,34+/m0/s1. The van der Waals surface area contributed by atoms with E-state index in [4.69, 9.17) is 31.2 Å². The summed E-state index contributed by atoms with van der Waals surface area (Å²) in [4.78, 5) is 48.2. The predicted molar refractivity (Wildman–Crippen MR) is 216 cm³/mol. The van der Waals surface area contributed by atoms with Crippen LogP contribution in [0, 0.1) is 3.57 Å². The third-order valence-corrected chi connectivity index (χ3v) is 11.2. The van der Waals surface area contributed by atoms with Gasteiger partial charge in [-0.25, -0.2) is 9.59 Å². The molecule has 2 aliphatic heterocycles. The van der Waals surface area contributed by atoms with Crippen LogP contribution in [0.3, 0.4) is 0 Å². The van der Waals surface area contributed by atoms with E-state index in [0.29, 0.717) is 83.9 Å². The van der Waals surface area contributed by atoms with Crippen LogP contribution in [0.4, 0.5) is 4.79 Å². The minimum atomic E-state index is -1.05. The summed E-state index contributed by atoms with van der Waals surface area (Å²) in [5.74, 6) is -0.454. The molecule has 2 heterocycles. The van der Waals surface area contributed by atoms with Gasteiger partial charge in [0.05, 0.1) is 69.9 Å². The molecule has 53 heavy (non-hydrogen) atoms. The molecule has 4 amide bonds. The fourth-order valence-corrected chi connectivity index (χ4v) is 7.88. The Morgan fingerprint density at radius 1 is 0.830 bits per heavy atom. The van der Waals surface area contributed by atoms with Gasteiger partial charge in [0.25, 0.3) is 0 Å². The Bertz CT molecular complexity index is 1270. The third kappa shape index (κ3) is 20.3. The number of aryl methyl sites for hydroxylation is 1. The highest BCUT2D eigenvalue weighted by Crippen LogP contribution is 2.33. The molecular weight excluding hydrogens is 837 g/mol. The summed E-state index contributed by atoms with van der Waals surface area (Å²) in [7, 11) is 0. The number of nitrogens with one attached hydrogen (secondary N) is 5. The number of unbranched alkanes of at least 4 members (excludes halogenated alkanes) is 2. The molecule has 4 atom stereocenters. The number of urea groups is 1. The minimum absolute atomic E-state index is 0.0194. The van der Waals surface area contributed by atoms with Gasteiger partial charge in [0.15, 0.2) is 0 Å². The number of carboxylic acids is 1. The van der Waals surface area contributed by atoms with Gasteiger partial charge in [-0.15, -0.1) is 0 Å². The first kappa shape index (κ1) is 45.1. The number of fused-ring (bicyclic) bond motifs is 1. The SMILES string of the molecule is O=C(CCCC[C@H]1SC[C@H]2NC(=O)N[C@H]21)NCCOCCOCCOCCOCCC(=O)N[C@@H](CCCCNC(=S)CCc1ccc(I)cc1)C(=O)O. The fraction of sp³-hybridized carbons (Fsp3) is 0.694. The van der Waals surface area contributed by atoms with E-state index in [1.54, 1.807) is 0 Å². The van der Waals surface area contributed by atoms with Gasteiger partial charge in [-0.2, -0.15) is 11.8 Å². The number of carbonyl (C=O) groups excluding carboxylic acids is 3. The van der Waals surface area contributed by atoms with Crippen LogP contribution >= 0.6 is 46.6 Å². The first-order chi connectivity index (χ1) is 25.7. The molecule has 14 nitrogen and oxygen atoms in total. The van der Waals surface area contributed by atoms with E-state index in [1.807, 2.05) is 11.8 Å². The number of halogens is 1. The summed E-state index contributed by atoms with van der Waals surface area (Å²) in [6.45, 7) is 3.97. The smallest absolute Gasteiger partial charge is 0.326 e. The minimum Gasteiger partial charge on any atom is -0.480 e. The normalized spacial score (nSPS) is 18.1. The molecule has 2 saturated heterocycles. The summed E-state index contributed by atoms with van der Waals surface area (Å²) in [5.41, 5.74) is 1.24. The molecule has 3 rings (SSSR count). The molecule has 0 saturated carbocycles. The highest BCUT2D eigenvalue weighted by atomic mass is 127. The van der Waals surface area contributed by atoms with Crippen LogP contribution in [0.2, 0.25) is 0 Å². The molecule has 2 aliphatic rings. The number of carbonyl (C=O) groups is 4. The summed E-state index contributed by atoms with van der Waals surface area (Å²) >= 11 is 9.58. The molecular formula is C36H56IN5O9S2. The van der Waals surface area contributed by atoms with E-state index in [-0.39, 0.29) is 43.0 Å². The Balaban J connectivity index is 1.03. The fourth-order valence-electron chi connectivity index (χ4n) is 5.77. The van der Waals surface area contributed by atoms with Crippen LogP contribution in [0.1, 0.15) is 63.4 Å². The summed E-state index contributed by atoms with van der Waals surface area (Å²) in [6.07, 6.45) is 6.68. The molecule has 1 aromatic carbocycles. The number of thioether (sulfide) groups is 1. The zero-order valence-electron chi connectivity index (χ0n) is 30.4. The largest absolute Gasteiger partial charge is 0.480 e. The highest BCUT2D eigenvalue weighted by molar-refractivity contribution is 14.1. The van der Waals surface area contributed by atoms with E-state index >= 15 is 0 Å². The molecule has 0 radical (unpaired) electrons.